The Kier molecular flexibility index (Phi) is 5.65. The molecule has 0 unspecified atom stereocenters. The molecule has 1 aliphatic rings. The van der Waals surface area contributed by atoms with Crippen molar-refractivity contribution in [1.29, 1.82) is 0 Å². The zero-order valence-corrected chi connectivity index (χ0v) is 16.1. The van der Waals surface area contributed by atoms with Crippen molar-refractivity contribution in [1.82, 2.24) is 20.2 Å². The van der Waals surface area contributed by atoms with Gasteiger partial charge in [-0.1, -0.05) is 30.3 Å². The predicted octanol–water partition coefficient (Wildman–Crippen LogP) is 2.10. The van der Waals surface area contributed by atoms with Gasteiger partial charge in [0, 0.05) is 44.8 Å². The van der Waals surface area contributed by atoms with Crippen molar-refractivity contribution in [2.24, 2.45) is 0 Å². The molecule has 2 heterocycles. The van der Waals surface area contributed by atoms with E-state index >= 15 is 0 Å². The predicted molar refractivity (Wildman–Crippen MR) is 112 cm³/mol. The molecule has 0 atom stereocenters. The third kappa shape index (κ3) is 4.51. The summed E-state index contributed by atoms with van der Waals surface area (Å²) < 4.78 is 0. The molecule has 3 aromatic rings. The average molecular weight is 389 g/mol. The molecule has 4 rings (SSSR count). The number of aromatic nitrogens is 2. The Morgan fingerprint density at radius 2 is 1.59 bits per heavy atom. The van der Waals surface area contributed by atoms with Gasteiger partial charge in [0.05, 0.1) is 17.2 Å². The van der Waals surface area contributed by atoms with Crippen LogP contribution < -0.4 is 10.2 Å². The zero-order chi connectivity index (χ0) is 20.1. The van der Waals surface area contributed by atoms with Crippen LogP contribution in [0, 0.1) is 0 Å². The minimum atomic E-state index is -0.315. The van der Waals surface area contributed by atoms with Crippen LogP contribution in [0.15, 0.2) is 60.8 Å². The monoisotopic (exact) mass is 389 g/mol. The number of carbonyl (C=O) groups is 2. The molecular formula is C22H23N5O2. The largest absolute Gasteiger partial charge is 0.368 e. The lowest BCUT2D eigenvalue weighted by Gasteiger charge is -2.36. The second-order valence-corrected chi connectivity index (χ2v) is 6.95. The fourth-order valence-electron chi connectivity index (χ4n) is 3.45. The van der Waals surface area contributed by atoms with Crippen molar-refractivity contribution in [3.63, 3.8) is 0 Å². The summed E-state index contributed by atoms with van der Waals surface area (Å²) in [4.78, 5) is 37.5. The van der Waals surface area contributed by atoms with Crippen LogP contribution in [0.4, 0.5) is 5.69 Å². The van der Waals surface area contributed by atoms with Crippen LogP contribution in [0.5, 0.6) is 0 Å². The molecule has 2 aromatic carbocycles. The average Bonchev–Trinajstić information content (AvgIpc) is 2.79. The molecule has 0 aliphatic carbocycles. The van der Waals surface area contributed by atoms with Gasteiger partial charge < -0.3 is 15.1 Å². The lowest BCUT2D eigenvalue weighted by atomic mass is 10.2. The molecule has 7 nitrogen and oxygen atoms in total. The summed E-state index contributed by atoms with van der Waals surface area (Å²) in [6.45, 7) is 3.30. The van der Waals surface area contributed by atoms with Gasteiger partial charge in [0.1, 0.15) is 5.69 Å². The Bertz CT molecular complexity index is 1000. The van der Waals surface area contributed by atoms with Crippen molar-refractivity contribution in [2.45, 2.75) is 6.42 Å². The quantitative estimate of drug-likeness (QED) is 0.723. The van der Waals surface area contributed by atoms with E-state index in [1.54, 1.807) is 0 Å². The fraction of sp³-hybridized carbons (Fsp3) is 0.273. The number of benzene rings is 2. The van der Waals surface area contributed by atoms with Crippen molar-refractivity contribution < 1.29 is 9.59 Å². The number of piperazine rings is 1. The van der Waals surface area contributed by atoms with E-state index in [2.05, 4.69) is 32.3 Å². The number of hydrogen-bond donors (Lipinski definition) is 1. The highest BCUT2D eigenvalue weighted by atomic mass is 16.2. The van der Waals surface area contributed by atoms with Crippen LogP contribution in [0.2, 0.25) is 0 Å². The number of nitrogens with zero attached hydrogens (tertiary/aromatic N) is 4. The summed E-state index contributed by atoms with van der Waals surface area (Å²) in [6.07, 6.45) is 1.74. The molecule has 1 fully saturated rings. The van der Waals surface area contributed by atoms with E-state index in [9.17, 15) is 9.59 Å². The molecular weight excluding hydrogens is 366 g/mol. The molecule has 0 spiro atoms. The lowest BCUT2D eigenvalue weighted by Crippen LogP contribution is -2.49. The second-order valence-electron chi connectivity index (χ2n) is 6.95. The molecule has 0 saturated carbocycles. The minimum absolute atomic E-state index is 0.0580. The summed E-state index contributed by atoms with van der Waals surface area (Å²) in [5, 5.41) is 2.77. The van der Waals surface area contributed by atoms with E-state index in [0.717, 1.165) is 18.6 Å². The van der Waals surface area contributed by atoms with Crippen molar-refractivity contribution >= 4 is 28.5 Å². The van der Waals surface area contributed by atoms with Crippen LogP contribution in [-0.4, -0.2) is 59.4 Å². The highest BCUT2D eigenvalue weighted by Gasteiger charge is 2.21. The maximum absolute atomic E-state index is 12.5. The minimum Gasteiger partial charge on any atom is -0.368 e. The topological polar surface area (TPSA) is 78.4 Å². The summed E-state index contributed by atoms with van der Waals surface area (Å²) in [6, 6.07) is 17.6. The van der Waals surface area contributed by atoms with Gasteiger partial charge in [0.2, 0.25) is 5.91 Å². The summed E-state index contributed by atoms with van der Waals surface area (Å²) >= 11 is 0. The molecule has 1 aromatic heterocycles. The highest BCUT2D eigenvalue weighted by Crippen LogP contribution is 2.15. The molecule has 2 amide bonds. The van der Waals surface area contributed by atoms with Crippen LogP contribution in [0.25, 0.3) is 11.0 Å². The van der Waals surface area contributed by atoms with Crippen LogP contribution in [0.3, 0.4) is 0 Å². The highest BCUT2D eigenvalue weighted by molar-refractivity contribution is 5.94. The number of fused-ring (bicyclic) bond motifs is 1. The third-order valence-electron chi connectivity index (χ3n) is 5.06. The van der Waals surface area contributed by atoms with Gasteiger partial charge in [-0.15, -0.1) is 0 Å². The molecule has 0 radical (unpaired) electrons. The molecule has 29 heavy (non-hydrogen) atoms. The normalized spacial score (nSPS) is 14.1. The standard InChI is InChI=1S/C22H23N5O2/c28-21(27-14-12-26(13-15-27)17-6-2-1-3-7-17)10-11-23-22(29)20-16-24-18-8-4-5-9-19(18)25-20/h1-9,16H,10-15H2,(H,23,29). The van der Waals surface area contributed by atoms with E-state index in [-0.39, 0.29) is 30.5 Å². The molecule has 148 valence electrons. The van der Waals surface area contributed by atoms with Gasteiger partial charge in [-0.05, 0) is 24.3 Å². The van der Waals surface area contributed by atoms with Gasteiger partial charge >= 0.3 is 0 Å². The second kappa shape index (κ2) is 8.68. The smallest absolute Gasteiger partial charge is 0.271 e. The number of anilines is 1. The van der Waals surface area contributed by atoms with Crippen LogP contribution in [0.1, 0.15) is 16.9 Å². The van der Waals surface area contributed by atoms with Crippen molar-refractivity contribution in [3.8, 4) is 0 Å². The number of amides is 2. The van der Waals surface area contributed by atoms with Crippen molar-refractivity contribution in [2.75, 3.05) is 37.6 Å². The van der Waals surface area contributed by atoms with E-state index < -0.39 is 0 Å². The summed E-state index contributed by atoms with van der Waals surface area (Å²) in [5.74, 6) is -0.257. The summed E-state index contributed by atoms with van der Waals surface area (Å²) in [5.41, 5.74) is 2.86. The fourth-order valence-corrected chi connectivity index (χ4v) is 3.45. The Balaban J connectivity index is 1.24. The molecule has 0 bridgehead atoms. The lowest BCUT2D eigenvalue weighted by molar-refractivity contribution is -0.131. The maximum Gasteiger partial charge on any atom is 0.271 e. The van der Waals surface area contributed by atoms with Crippen LogP contribution in [-0.2, 0) is 4.79 Å². The molecule has 1 N–H and O–H groups in total. The summed E-state index contributed by atoms with van der Waals surface area (Å²) in [7, 11) is 0. The van der Waals surface area contributed by atoms with Gasteiger partial charge in [-0.3, -0.25) is 14.6 Å². The number of para-hydroxylation sites is 3. The third-order valence-corrected chi connectivity index (χ3v) is 5.06. The number of rotatable bonds is 5. The maximum atomic E-state index is 12.5. The van der Waals surface area contributed by atoms with Crippen LogP contribution >= 0.6 is 0 Å². The van der Waals surface area contributed by atoms with E-state index in [1.807, 2.05) is 47.4 Å². The van der Waals surface area contributed by atoms with E-state index in [1.165, 1.54) is 11.9 Å². The first-order valence-electron chi connectivity index (χ1n) is 9.78. The SMILES string of the molecule is O=C(NCCC(=O)N1CCN(c2ccccc2)CC1)c1cnc2ccccc2n1. The van der Waals surface area contributed by atoms with Gasteiger partial charge in [0.25, 0.3) is 5.91 Å². The number of carbonyl (C=O) groups excluding carboxylic acids is 2. The zero-order valence-electron chi connectivity index (χ0n) is 16.1. The molecule has 1 aliphatic heterocycles. The number of hydrogen-bond acceptors (Lipinski definition) is 5. The first-order chi connectivity index (χ1) is 14.2. The van der Waals surface area contributed by atoms with Gasteiger partial charge in [-0.2, -0.15) is 0 Å². The van der Waals surface area contributed by atoms with Gasteiger partial charge in [-0.25, -0.2) is 4.98 Å². The Morgan fingerprint density at radius 3 is 2.34 bits per heavy atom. The number of nitrogens with one attached hydrogen (secondary N) is 1. The Labute approximate surface area is 169 Å². The first kappa shape index (κ1) is 18.9. The Morgan fingerprint density at radius 1 is 0.897 bits per heavy atom. The van der Waals surface area contributed by atoms with Gasteiger partial charge in [0.15, 0.2) is 0 Å². The first-order valence-corrected chi connectivity index (χ1v) is 9.78. The Hall–Kier alpha value is -3.48. The molecule has 1 saturated heterocycles. The van der Waals surface area contributed by atoms with Crippen molar-refractivity contribution in [3.05, 3.63) is 66.5 Å². The van der Waals surface area contributed by atoms with E-state index in [0.29, 0.717) is 18.6 Å². The molecule has 7 heteroatoms. The van der Waals surface area contributed by atoms with E-state index in [4.69, 9.17) is 0 Å².